The minimum Gasteiger partial charge on any atom is -0.372 e. The second-order valence-electron chi connectivity index (χ2n) is 8.26. The van der Waals surface area contributed by atoms with E-state index in [9.17, 15) is 14.4 Å². The van der Waals surface area contributed by atoms with E-state index in [0.29, 0.717) is 11.3 Å². The third-order valence-corrected chi connectivity index (χ3v) is 6.59. The molecule has 0 saturated carbocycles. The number of carbonyl (C=O) groups excluding carboxylic acids is 3. The number of rotatable bonds is 1. The maximum atomic E-state index is 15.4. The molecule has 166 valence electrons. The van der Waals surface area contributed by atoms with Gasteiger partial charge in [-0.3, -0.25) is 25.2 Å². The number of hydrogen-bond acceptors (Lipinski definition) is 7. The van der Waals surface area contributed by atoms with Gasteiger partial charge >= 0.3 is 6.03 Å². The number of fused-ring (bicyclic) bond motifs is 4. The Morgan fingerprint density at radius 2 is 1.97 bits per heavy atom. The van der Waals surface area contributed by atoms with Crippen molar-refractivity contribution in [3.05, 3.63) is 41.1 Å². The summed E-state index contributed by atoms with van der Waals surface area (Å²) in [6.07, 6.45) is 1.95. The number of barbiturate groups is 1. The third kappa shape index (κ3) is 2.82. The number of pyridine rings is 2. The van der Waals surface area contributed by atoms with Gasteiger partial charge in [0.1, 0.15) is 10.7 Å². The van der Waals surface area contributed by atoms with Crippen LogP contribution in [0.5, 0.6) is 0 Å². The van der Waals surface area contributed by atoms with Gasteiger partial charge < -0.3 is 9.64 Å². The zero-order valence-corrected chi connectivity index (χ0v) is 17.9. The molecule has 11 heteroatoms. The summed E-state index contributed by atoms with van der Waals surface area (Å²) >= 11 is 6.53. The summed E-state index contributed by atoms with van der Waals surface area (Å²) in [6, 6.07) is 1.57. The molecule has 2 fully saturated rings. The first-order valence-electron chi connectivity index (χ1n) is 10.1. The molecule has 2 aromatic rings. The Morgan fingerprint density at radius 1 is 1.25 bits per heavy atom. The summed E-state index contributed by atoms with van der Waals surface area (Å²) in [4.78, 5) is 48.3. The molecule has 0 unspecified atom stereocenters. The molecule has 1 spiro atoms. The van der Waals surface area contributed by atoms with E-state index in [4.69, 9.17) is 16.3 Å². The standard InChI is InChI=1S/C21H19ClFN5O4/c1-9-8-28-16-12(25-15(14(23)13(16)22)11-4-3-5-24-7-11)6-21(17(28)10(2)32-9)18(29)26-20(31)27-19(21)30/h3-5,7,9-10,17H,6,8H2,1-2H3,(H2,26,27,29,30,31)/t9-,10-,17-/m1/s1. The van der Waals surface area contributed by atoms with E-state index < -0.39 is 41.2 Å². The van der Waals surface area contributed by atoms with Gasteiger partial charge in [0, 0.05) is 30.9 Å². The van der Waals surface area contributed by atoms with Crippen LogP contribution >= 0.6 is 11.6 Å². The van der Waals surface area contributed by atoms with E-state index in [1.807, 2.05) is 6.92 Å². The molecule has 5 heterocycles. The maximum absolute atomic E-state index is 15.4. The van der Waals surface area contributed by atoms with Crippen molar-refractivity contribution >= 4 is 35.1 Å². The number of urea groups is 1. The zero-order chi connectivity index (χ0) is 22.8. The fraction of sp³-hybridized carbons (Fsp3) is 0.381. The molecule has 0 aliphatic carbocycles. The van der Waals surface area contributed by atoms with Gasteiger partial charge in [-0.25, -0.2) is 14.2 Å². The summed E-state index contributed by atoms with van der Waals surface area (Å²) in [5.74, 6) is -2.21. The van der Waals surface area contributed by atoms with Crippen LogP contribution in [0.4, 0.5) is 14.9 Å². The molecule has 2 aromatic heterocycles. The summed E-state index contributed by atoms with van der Waals surface area (Å²) in [7, 11) is 0. The molecule has 0 bridgehead atoms. The summed E-state index contributed by atoms with van der Waals surface area (Å²) in [5, 5.41) is 4.25. The van der Waals surface area contributed by atoms with Crippen molar-refractivity contribution in [1.82, 2.24) is 20.6 Å². The van der Waals surface area contributed by atoms with Crippen molar-refractivity contribution in [2.45, 2.75) is 38.5 Å². The molecular weight excluding hydrogens is 441 g/mol. The molecule has 0 aromatic carbocycles. The van der Waals surface area contributed by atoms with Gasteiger partial charge in [-0.05, 0) is 26.0 Å². The minimum atomic E-state index is -1.71. The zero-order valence-electron chi connectivity index (χ0n) is 17.2. The number of nitrogens with one attached hydrogen (secondary N) is 2. The number of carbonyl (C=O) groups is 3. The lowest BCUT2D eigenvalue weighted by atomic mass is 9.67. The number of nitrogens with zero attached hydrogens (tertiary/aromatic N) is 3. The normalized spacial score (nSPS) is 26.3. The number of aromatic nitrogens is 2. The fourth-order valence-electron chi connectivity index (χ4n) is 5.07. The molecule has 4 amide bonds. The van der Waals surface area contributed by atoms with Crippen molar-refractivity contribution in [2.75, 3.05) is 11.4 Å². The van der Waals surface area contributed by atoms with Crippen LogP contribution in [-0.4, -0.2) is 52.6 Å². The number of hydrogen-bond donors (Lipinski definition) is 2. The van der Waals surface area contributed by atoms with Crippen LogP contribution in [0.25, 0.3) is 11.3 Å². The molecule has 2 N–H and O–H groups in total. The Kier molecular flexibility index (Phi) is 4.68. The largest absolute Gasteiger partial charge is 0.372 e. The average molecular weight is 460 g/mol. The van der Waals surface area contributed by atoms with Crippen LogP contribution in [0.2, 0.25) is 5.02 Å². The second-order valence-corrected chi connectivity index (χ2v) is 8.64. The van der Waals surface area contributed by atoms with Gasteiger partial charge in [-0.15, -0.1) is 0 Å². The minimum absolute atomic E-state index is 0.0301. The summed E-state index contributed by atoms with van der Waals surface area (Å²) < 4.78 is 21.3. The Morgan fingerprint density at radius 3 is 2.62 bits per heavy atom. The van der Waals surface area contributed by atoms with Crippen LogP contribution in [0.15, 0.2) is 24.5 Å². The lowest BCUT2D eigenvalue weighted by Gasteiger charge is -2.55. The quantitative estimate of drug-likeness (QED) is 0.625. The van der Waals surface area contributed by atoms with Crippen molar-refractivity contribution in [1.29, 1.82) is 0 Å². The summed E-state index contributed by atoms with van der Waals surface area (Å²) in [6.45, 7) is 3.82. The van der Waals surface area contributed by atoms with Gasteiger partial charge in [-0.2, -0.15) is 0 Å². The predicted molar refractivity (Wildman–Crippen MR) is 111 cm³/mol. The van der Waals surface area contributed by atoms with E-state index in [-0.39, 0.29) is 35.5 Å². The van der Waals surface area contributed by atoms with Crippen LogP contribution in [0, 0.1) is 11.2 Å². The SMILES string of the molecule is C[C@@H]1CN2c3c(nc(-c4cccnc4)c(F)c3Cl)CC3(C(=O)NC(=O)NC3=O)[C@H]2[C@@H](C)O1. The highest BCUT2D eigenvalue weighted by molar-refractivity contribution is 6.34. The van der Waals surface area contributed by atoms with E-state index >= 15 is 4.39 Å². The highest BCUT2D eigenvalue weighted by Gasteiger charge is 2.63. The smallest absolute Gasteiger partial charge is 0.328 e. The lowest BCUT2D eigenvalue weighted by Crippen LogP contribution is -2.75. The number of amides is 4. The molecule has 3 atom stereocenters. The Labute approximate surface area is 187 Å². The molecule has 9 nitrogen and oxygen atoms in total. The van der Waals surface area contributed by atoms with E-state index in [1.165, 1.54) is 6.20 Å². The fourth-order valence-corrected chi connectivity index (χ4v) is 5.37. The first-order valence-corrected chi connectivity index (χ1v) is 10.5. The summed E-state index contributed by atoms with van der Waals surface area (Å²) in [5.41, 5.74) is -0.722. The Bertz CT molecular complexity index is 1140. The van der Waals surface area contributed by atoms with Crippen LogP contribution in [0.1, 0.15) is 19.5 Å². The molecule has 2 saturated heterocycles. The van der Waals surface area contributed by atoms with E-state index in [0.717, 1.165) is 0 Å². The van der Waals surface area contributed by atoms with Crippen molar-refractivity contribution in [3.63, 3.8) is 0 Å². The van der Waals surface area contributed by atoms with Crippen LogP contribution in [-0.2, 0) is 20.7 Å². The first-order chi connectivity index (χ1) is 15.2. The number of anilines is 1. The highest BCUT2D eigenvalue weighted by Crippen LogP contribution is 2.49. The first kappa shape index (κ1) is 20.8. The van der Waals surface area contributed by atoms with Gasteiger partial charge in [-0.1, -0.05) is 11.6 Å². The van der Waals surface area contributed by atoms with Crippen LogP contribution in [0.3, 0.4) is 0 Å². The van der Waals surface area contributed by atoms with Crippen molar-refractivity contribution in [2.24, 2.45) is 5.41 Å². The molecule has 3 aliphatic rings. The molecule has 5 rings (SSSR count). The Balaban J connectivity index is 1.76. The molecule has 3 aliphatic heterocycles. The molecule has 32 heavy (non-hydrogen) atoms. The number of morpholine rings is 1. The average Bonchev–Trinajstić information content (AvgIpc) is 2.74. The number of imide groups is 2. The van der Waals surface area contributed by atoms with Gasteiger partial charge in [0.15, 0.2) is 11.2 Å². The monoisotopic (exact) mass is 459 g/mol. The Hall–Kier alpha value is -3.11. The third-order valence-electron chi connectivity index (χ3n) is 6.25. The van der Waals surface area contributed by atoms with E-state index in [2.05, 4.69) is 20.6 Å². The number of halogens is 2. The second kappa shape index (κ2) is 7.21. The van der Waals surface area contributed by atoms with Gasteiger partial charge in [0.2, 0.25) is 11.8 Å². The van der Waals surface area contributed by atoms with Crippen LogP contribution < -0.4 is 15.5 Å². The van der Waals surface area contributed by atoms with Gasteiger partial charge in [0.25, 0.3) is 0 Å². The maximum Gasteiger partial charge on any atom is 0.328 e. The predicted octanol–water partition coefficient (Wildman–Crippen LogP) is 1.83. The molecule has 0 radical (unpaired) electrons. The highest BCUT2D eigenvalue weighted by atomic mass is 35.5. The topological polar surface area (TPSA) is 114 Å². The van der Waals surface area contributed by atoms with E-state index in [1.54, 1.807) is 30.2 Å². The van der Waals surface area contributed by atoms with Crippen molar-refractivity contribution in [3.8, 4) is 11.3 Å². The van der Waals surface area contributed by atoms with Crippen molar-refractivity contribution < 1.29 is 23.5 Å². The lowest BCUT2D eigenvalue weighted by molar-refractivity contribution is -0.153. The van der Waals surface area contributed by atoms with Gasteiger partial charge in [0.05, 0.1) is 29.6 Å². The molecular formula is C21H19ClFN5O4. The number of ether oxygens (including phenoxy) is 1.